The Morgan fingerprint density at radius 2 is 1.78 bits per heavy atom. The first kappa shape index (κ1) is 25.9. The van der Waals surface area contributed by atoms with Crippen molar-refractivity contribution in [3.05, 3.63) is 105 Å². The Morgan fingerprint density at radius 1 is 1.06 bits per heavy atom. The summed E-state index contributed by atoms with van der Waals surface area (Å²) in [6, 6.07) is 22.7. The maximum Gasteiger partial charge on any atom is 0.309 e. The third kappa shape index (κ3) is 6.74. The van der Waals surface area contributed by atoms with Crippen LogP contribution >= 0.6 is 11.6 Å². The smallest absolute Gasteiger partial charge is 0.309 e. The van der Waals surface area contributed by atoms with Gasteiger partial charge in [0.15, 0.2) is 0 Å². The second kappa shape index (κ2) is 11.7. The van der Waals surface area contributed by atoms with Gasteiger partial charge in [-0.2, -0.15) is 0 Å². The molecule has 3 aromatic rings. The van der Waals surface area contributed by atoms with Gasteiger partial charge in [0.25, 0.3) is 0 Å². The highest BCUT2D eigenvalue weighted by atomic mass is 35.5. The summed E-state index contributed by atoms with van der Waals surface area (Å²) >= 11 is 6.28. The standard InChI is InChI=1S/C30H33ClN2O3/c1-20-7-8-24(13-21(20)2)14-27(26-5-4-6-29(31)15-26)19-36-32-22(3)25-11-9-23(10-12-25)16-33-17-28(18-33)30(34)35/h4-13,15,27-28H,14,16-19H2,1-3H3,(H,34,35)/b32-22+. The van der Waals surface area contributed by atoms with Crippen molar-refractivity contribution in [3.63, 3.8) is 0 Å². The predicted molar refractivity (Wildman–Crippen MR) is 145 cm³/mol. The third-order valence-electron chi connectivity index (χ3n) is 6.94. The van der Waals surface area contributed by atoms with Gasteiger partial charge in [-0.1, -0.05) is 71.4 Å². The van der Waals surface area contributed by atoms with E-state index in [2.05, 4.69) is 60.3 Å². The van der Waals surface area contributed by atoms with Gasteiger partial charge in [-0.3, -0.25) is 9.69 Å². The van der Waals surface area contributed by atoms with E-state index >= 15 is 0 Å². The fourth-order valence-corrected chi connectivity index (χ4v) is 4.69. The summed E-state index contributed by atoms with van der Waals surface area (Å²) in [5, 5.41) is 14.2. The molecular weight excluding hydrogens is 472 g/mol. The SMILES string of the molecule is C/C(=N\OCC(Cc1ccc(C)c(C)c1)c1cccc(Cl)c1)c1ccc(CN2CC(C(=O)O)C2)cc1. The molecule has 0 bridgehead atoms. The predicted octanol–water partition coefficient (Wildman–Crippen LogP) is 6.24. The van der Waals surface area contributed by atoms with E-state index in [0.29, 0.717) is 24.7 Å². The van der Waals surface area contributed by atoms with Crippen LogP contribution < -0.4 is 0 Å². The van der Waals surface area contributed by atoms with E-state index in [9.17, 15) is 4.79 Å². The summed E-state index contributed by atoms with van der Waals surface area (Å²) in [7, 11) is 0. The molecule has 0 aliphatic carbocycles. The number of carboxylic acid groups (broad SMARTS) is 1. The van der Waals surface area contributed by atoms with Crippen molar-refractivity contribution in [3.8, 4) is 0 Å². The molecule has 0 spiro atoms. The number of hydrogen-bond donors (Lipinski definition) is 1. The molecule has 188 valence electrons. The maximum atomic E-state index is 11.0. The van der Waals surface area contributed by atoms with Gasteiger partial charge in [-0.15, -0.1) is 0 Å². The number of carboxylic acids is 1. The van der Waals surface area contributed by atoms with Crippen molar-refractivity contribution >= 4 is 23.3 Å². The lowest BCUT2D eigenvalue weighted by atomic mass is 9.91. The summed E-state index contributed by atoms with van der Waals surface area (Å²) in [6.45, 7) is 8.64. The van der Waals surface area contributed by atoms with Crippen LogP contribution in [0, 0.1) is 19.8 Å². The van der Waals surface area contributed by atoms with Crippen LogP contribution in [0.4, 0.5) is 0 Å². The molecule has 5 nitrogen and oxygen atoms in total. The molecule has 1 aliphatic heterocycles. The van der Waals surface area contributed by atoms with E-state index in [1.54, 1.807) is 0 Å². The Hall–Kier alpha value is -3.15. The minimum Gasteiger partial charge on any atom is -0.481 e. The first-order valence-corrected chi connectivity index (χ1v) is 12.7. The lowest BCUT2D eigenvalue weighted by Gasteiger charge is -2.36. The number of hydrogen-bond acceptors (Lipinski definition) is 4. The molecule has 36 heavy (non-hydrogen) atoms. The van der Waals surface area contributed by atoms with Gasteiger partial charge < -0.3 is 9.94 Å². The lowest BCUT2D eigenvalue weighted by molar-refractivity contribution is -0.147. The Labute approximate surface area is 218 Å². The number of carbonyl (C=O) groups is 1. The quantitative estimate of drug-likeness (QED) is 0.262. The first-order chi connectivity index (χ1) is 17.3. The topological polar surface area (TPSA) is 62.1 Å². The number of oxime groups is 1. The molecule has 1 atom stereocenters. The number of halogens is 1. The molecule has 1 unspecified atom stereocenters. The van der Waals surface area contributed by atoms with E-state index in [1.807, 2.05) is 37.3 Å². The van der Waals surface area contributed by atoms with Crippen molar-refractivity contribution in [2.24, 2.45) is 11.1 Å². The Morgan fingerprint density at radius 3 is 2.44 bits per heavy atom. The van der Waals surface area contributed by atoms with Crippen molar-refractivity contribution in [2.45, 2.75) is 39.7 Å². The van der Waals surface area contributed by atoms with Crippen LogP contribution in [-0.4, -0.2) is 41.4 Å². The molecule has 1 fully saturated rings. The van der Waals surface area contributed by atoms with Gasteiger partial charge in [-0.25, -0.2) is 0 Å². The minimum absolute atomic E-state index is 0.121. The largest absolute Gasteiger partial charge is 0.481 e. The highest BCUT2D eigenvalue weighted by Crippen LogP contribution is 2.25. The molecule has 1 N–H and O–H groups in total. The molecule has 0 amide bonds. The monoisotopic (exact) mass is 504 g/mol. The Kier molecular flexibility index (Phi) is 8.44. The lowest BCUT2D eigenvalue weighted by Crippen LogP contribution is -2.49. The summed E-state index contributed by atoms with van der Waals surface area (Å²) in [5.41, 5.74) is 7.94. The number of likely N-dealkylation sites (tertiary alicyclic amines) is 1. The van der Waals surface area contributed by atoms with Gasteiger partial charge >= 0.3 is 5.97 Å². The molecule has 3 aromatic carbocycles. The van der Waals surface area contributed by atoms with Gasteiger partial charge in [0, 0.05) is 30.6 Å². The number of nitrogens with zero attached hydrogens (tertiary/aromatic N) is 2. The van der Waals surface area contributed by atoms with Crippen molar-refractivity contribution in [1.82, 2.24) is 4.90 Å². The zero-order valence-corrected chi connectivity index (χ0v) is 21.8. The molecule has 6 heteroatoms. The Balaban J connectivity index is 1.38. The average molecular weight is 505 g/mol. The van der Waals surface area contributed by atoms with Crippen LogP contribution in [0.3, 0.4) is 0 Å². The molecule has 1 aliphatic rings. The number of benzene rings is 3. The second-order valence-corrected chi connectivity index (χ2v) is 10.2. The van der Waals surface area contributed by atoms with Gasteiger partial charge in [0.05, 0.1) is 11.6 Å². The van der Waals surface area contributed by atoms with E-state index in [-0.39, 0.29) is 11.8 Å². The zero-order chi connectivity index (χ0) is 25.7. The van der Waals surface area contributed by atoms with Gasteiger partial charge in [0.1, 0.15) is 6.61 Å². The van der Waals surface area contributed by atoms with Crippen LogP contribution in [0.5, 0.6) is 0 Å². The highest BCUT2D eigenvalue weighted by Gasteiger charge is 2.32. The van der Waals surface area contributed by atoms with Gasteiger partial charge in [-0.05, 0) is 72.7 Å². The summed E-state index contributed by atoms with van der Waals surface area (Å²) < 4.78 is 0. The molecule has 0 saturated carbocycles. The van der Waals surface area contributed by atoms with E-state index in [0.717, 1.165) is 35.4 Å². The second-order valence-electron chi connectivity index (χ2n) is 9.77. The highest BCUT2D eigenvalue weighted by molar-refractivity contribution is 6.30. The Bertz CT molecular complexity index is 1230. The van der Waals surface area contributed by atoms with Crippen LogP contribution in [-0.2, 0) is 22.6 Å². The molecule has 1 saturated heterocycles. The molecule has 4 rings (SSSR count). The minimum atomic E-state index is -0.708. The van der Waals surface area contributed by atoms with Crippen molar-refractivity contribution in [1.29, 1.82) is 0 Å². The van der Waals surface area contributed by atoms with Crippen LogP contribution in [0.25, 0.3) is 0 Å². The average Bonchev–Trinajstić information content (AvgIpc) is 2.82. The normalized spacial score (nSPS) is 15.4. The number of rotatable bonds is 10. The fourth-order valence-electron chi connectivity index (χ4n) is 4.49. The van der Waals surface area contributed by atoms with Crippen LogP contribution in [0.2, 0.25) is 5.02 Å². The van der Waals surface area contributed by atoms with Crippen molar-refractivity contribution in [2.75, 3.05) is 19.7 Å². The van der Waals surface area contributed by atoms with Crippen LogP contribution in [0.15, 0.2) is 71.9 Å². The third-order valence-corrected chi connectivity index (χ3v) is 7.17. The fraction of sp³-hybridized carbons (Fsp3) is 0.333. The van der Waals surface area contributed by atoms with E-state index in [4.69, 9.17) is 21.5 Å². The maximum absolute atomic E-state index is 11.0. The van der Waals surface area contributed by atoms with Crippen molar-refractivity contribution < 1.29 is 14.7 Å². The van der Waals surface area contributed by atoms with Crippen LogP contribution in [0.1, 0.15) is 46.2 Å². The van der Waals surface area contributed by atoms with Gasteiger partial charge in [0.2, 0.25) is 0 Å². The summed E-state index contributed by atoms with van der Waals surface area (Å²) in [5.74, 6) is -0.822. The molecule has 0 radical (unpaired) electrons. The molecule has 0 aromatic heterocycles. The summed E-state index contributed by atoms with van der Waals surface area (Å²) in [6.07, 6.45) is 0.837. The number of aliphatic carboxylic acids is 1. The molecule has 1 heterocycles. The van der Waals surface area contributed by atoms with E-state index in [1.165, 1.54) is 16.7 Å². The number of aryl methyl sites for hydroxylation is 2. The first-order valence-electron chi connectivity index (χ1n) is 12.3. The zero-order valence-electron chi connectivity index (χ0n) is 21.1. The summed E-state index contributed by atoms with van der Waals surface area (Å²) in [4.78, 5) is 19.0. The molecular formula is C30H33ClN2O3. The van der Waals surface area contributed by atoms with E-state index < -0.39 is 5.97 Å².